The van der Waals surface area contributed by atoms with Gasteiger partial charge in [-0.3, -0.25) is 4.79 Å². The van der Waals surface area contributed by atoms with Gasteiger partial charge in [0.2, 0.25) is 0 Å². The third kappa shape index (κ3) is 4.05. The number of rotatable bonds is 8. The van der Waals surface area contributed by atoms with Crippen LogP contribution in [0.3, 0.4) is 0 Å². The SMILES string of the molecule is CCCN(CCC)C(=O)c1cc(-c2ccco2)nn1-c1ccc(OC)cc1. The van der Waals surface area contributed by atoms with E-state index in [-0.39, 0.29) is 5.91 Å². The molecule has 0 unspecified atom stereocenters. The molecule has 1 amide bonds. The minimum atomic E-state index is -0.0279. The first-order valence-electron chi connectivity index (χ1n) is 9.25. The van der Waals surface area contributed by atoms with Crippen LogP contribution < -0.4 is 4.74 Å². The summed E-state index contributed by atoms with van der Waals surface area (Å²) in [5.41, 5.74) is 1.95. The molecule has 0 aliphatic rings. The van der Waals surface area contributed by atoms with Gasteiger partial charge in [-0.25, -0.2) is 4.68 Å². The molecule has 3 aromatic rings. The van der Waals surface area contributed by atoms with Crippen molar-refractivity contribution in [3.63, 3.8) is 0 Å². The number of ether oxygens (including phenoxy) is 1. The Hall–Kier alpha value is -3.02. The number of furan rings is 1. The number of benzene rings is 1. The zero-order chi connectivity index (χ0) is 19.2. The van der Waals surface area contributed by atoms with Crippen molar-refractivity contribution in [2.24, 2.45) is 0 Å². The summed E-state index contributed by atoms with van der Waals surface area (Å²) in [4.78, 5) is 15.1. The van der Waals surface area contributed by atoms with Crippen molar-refractivity contribution in [1.29, 1.82) is 0 Å². The van der Waals surface area contributed by atoms with Crippen molar-refractivity contribution >= 4 is 5.91 Å². The molecule has 6 heteroatoms. The van der Waals surface area contributed by atoms with Gasteiger partial charge in [-0.2, -0.15) is 5.10 Å². The van der Waals surface area contributed by atoms with Gasteiger partial charge in [-0.15, -0.1) is 0 Å². The van der Waals surface area contributed by atoms with E-state index in [4.69, 9.17) is 9.15 Å². The van der Waals surface area contributed by atoms with Crippen LogP contribution in [0.1, 0.15) is 37.2 Å². The third-order valence-corrected chi connectivity index (χ3v) is 4.29. The molecule has 0 bridgehead atoms. The molecule has 0 aliphatic heterocycles. The number of hydrogen-bond acceptors (Lipinski definition) is 4. The minimum absolute atomic E-state index is 0.0279. The van der Waals surface area contributed by atoms with Crippen LogP contribution in [0.2, 0.25) is 0 Å². The summed E-state index contributed by atoms with van der Waals surface area (Å²) in [5.74, 6) is 1.36. The monoisotopic (exact) mass is 367 g/mol. The average molecular weight is 367 g/mol. The average Bonchev–Trinajstić information content (AvgIpc) is 3.37. The van der Waals surface area contributed by atoms with Crippen LogP contribution in [0, 0.1) is 0 Å². The molecule has 142 valence electrons. The molecule has 0 N–H and O–H groups in total. The lowest BCUT2D eigenvalue weighted by Gasteiger charge is -2.21. The molecular formula is C21H25N3O3. The Morgan fingerprint density at radius 1 is 1.15 bits per heavy atom. The van der Waals surface area contributed by atoms with E-state index in [0.717, 1.165) is 37.4 Å². The molecule has 0 saturated heterocycles. The number of amides is 1. The summed E-state index contributed by atoms with van der Waals surface area (Å²) in [7, 11) is 1.63. The molecule has 0 fully saturated rings. The molecule has 0 spiro atoms. The van der Waals surface area contributed by atoms with Crippen molar-refractivity contribution in [1.82, 2.24) is 14.7 Å². The molecule has 27 heavy (non-hydrogen) atoms. The van der Waals surface area contributed by atoms with Crippen LogP contribution in [-0.2, 0) is 0 Å². The smallest absolute Gasteiger partial charge is 0.272 e. The van der Waals surface area contributed by atoms with E-state index in [0.29, 0.717) is 17.1 Å². The Kier molecular flexibility index (Phi) is 5.96. The Labute approximate surface area is 159 Å². The number of aromatic nitrogens is 2. The Balaban J connectivity index is 2.05. The molecule has 0 atom stereocenters. The van der Waals surface area contributed by atoms with Gasteiger partial charge < -0.3 is 14.1 Å². The molecule has 0 radical (unpaired) electrons. The molecule has 2 aromatic heterocycles. The van der Waals surface area contributed by atoms with E-state index < -0.39 is 0 Å². The minimum Gasteiger partial charge on any atom is -0.497 e. The van der Waals surface area contributed by atoms with Gasteiger partial charge >= 0.3 is 0 Å². The fourth-order valence-corrected chi connectivity index (χ4v) is 3.02. The summed E-state index contributed by atoms with van der Waals surface area (Å²) in [6.07, 6.45) is 3.42. The van der Waals surface area contributed by atoms with E-state index in [1.807, 2.05) is 41.3 Å². The number of hydrogen-bond donors (Lipinski definition) is 0. The van der Waals surface area contributed by atoms with Crippen LogP contribution in [0.5, 0.6) is 5.75 Å². The topological polar surface area (TPSA) is 60.5 Å². The maximum Gasteiger partial charge on any atom is 0.272 e. The van der Waals surface area contributed by atoms with E-state index >= 15 is 0 Å². The van der Waals surface area contributed by atoms with Crippen molar-refractivity contribution in [2.45, 2.75) is 26.7 Å². The largest absolute Gasteiger partial charge is 0.497 e. The first-order valence-corrected chi connectivity index (χ1v) is 9.25. The fourth-order valence-electron chi connectivity index (χ4n) is 3.02. The molecule has 0 saturated carbocycles. The van der Waals surface area contributed by atoms with Gasteiger partial charge in [0.25, 0.3) is 5.91 Å². The van der Waals surface area contributed by atoms with Gasteiger partial charge in [0, 0.05) is 19.2 Å². The highest BCUT2D eigenvalue weighted by atomic mass is 16.5. The predicted octanol–water partition coefficient (Wildman–Crippen LogP) is 4.40. The van der Waals surface area contributed by atoms with Gasteiger partial charge in [0.05, 0.1) is 19.1 Å². The van der Waals surface area contributed by atoms with Crippen LogP contribution in [0.15, 0.2) is 53.1 Å². The lowest BCUT2D eigenvalue weighted by Crippen LogP contribution is -2.33. The second-order valence-corrected chi connectivity index (χ2v) is 6.29. The highest BCUT2D eigenvalue weighted by molar-refractivity contribution is 5.94. The zero-order valence-electron chi connectivity index (χ0n) is 16.0. The summed E-state index contributed by atoms with van der Waals surface area (Å²) in [6.45, 7) is 5.59. The van der Waals surface area contributed by atoms with Gasteiger partial charge in [0.15, 0.2) is 5.76 Å². The second kappa shape index (κ2) is 8.58. The maximum atomic E-state index is 13.2. The number of nitrogens with zero attached hydrogens (tertiary/aromatic N) is 3. The van der Waals surface area contributed by atoms with Gasteiger partial charge in [-0.05, 0) is 49.2 Å². The Bertz CT molecular complexity index is 861. The quantitative estimate of drug-likeness (QED) is 0.592. The number of methoxy groups -OCH3 is 1. The highest BCUT2D eigenvalue weighted by Crippen LogP contribution is 2.24. The fraction of sp³-hybridized carbons (Fsp3) is 0.333. The van der Waals surface area contributed by atoms with Crippen molar-refractivity contribution in [3.05, 3.63) is 54.4 Å². The summed E-state index contributed by atoms with van der Waals surface area (Å²) in [6, 6.07) is 12.9. The summed E-state index contributed by atoms with van der Waals surface area (Å²) >= 11 is 0. The predicted molar refractivity (Wildman–Crippen MR) is 104 cm³/mol. The molecule has 1 aromatic carbocycles. The lowest BCUT2D eigenvalue weighted by molar-refractivity contribution is 0.0746. The first kappa shape index (κ1) is 18.8. The van der Waals surface area contributed by atoms with Crippen molar-refractivity contribution in [3.8, 4) is 22.9 Å². The van der Waals surface area contributed by atoms with Gasteiger partial charge in [-0.1, -0.05) is 13.8 Å². The van der Waals surface area contributed by atoms with E-state index in [1.54, 1.807) is 24.1 Å². The highest BCUT2D eigenvalue weighted by Gasteiger charge is 2.22. The summed E-state index contributed by atoms with van der Waals surface area (Å²) in [5, 5.41) is 4.64. The normalized spacial score (nSPS) is 10.8. The number of carbonyl (C=O) groups is 1. The van der Waals surface area contributed by atoms with E-state index in [2.05, 4.69) is 18.9 Å². The molecule has 0 aliphatic carbocycles. The summed E-state index contributed by atoms with van der Waals surface area (Å²) < 4.78 is 12.4. The molecule has 3 rings (SSSR count). The van der Waals surface area contributed by atoms with Crippen LogP contribution in [0.4, 0.5) is 0 Å². The van der Waals surface area contributed by atoms with E-state index in [1.165, 1.54) is 0 Å². The van der Waals surface area contributed by atoms with E-state index in [9.17, 15) is 4.79 Å². The molecule has 2 heterocycles. The van der Waals surface area contributed by atoms with Crippen LogP contribution >= 0.6 is 0 Å². The molecular weight excluding hydrogens is 342 g/mol. The van der Waals surface area contributed by atoms with Crippen molar-refractivity contribution in [2.75, 3.05) is 20.2 Å². The third-order valence-electron chi connectivity index (χ3n) is 4.29. The van der Waals surface area contributed by atoms with Gasteiger partial charge in [0.1, 0.15) is 17.1 Å². The Morgan fingerprint density at radius 2 is 1.85 bits per heavy atom. The van der Waals surface area contributed by atoms with Crippen LogP contribution in [-0.4, -0.2) is 40.8 Å². The zero-order valence-corrected chi connectivity index (χ0v) is 16.0. The Morgan fingerprint density at radius 3 is 2.41 bits per heavy atom. The standard InChI is InChI=1S/C21H25N3O3/c1-4-12-23(13-5-2)21(25)19-15-18(20-7-6-14-27-20)22-24(19)16-8-10-17(26-3)11-9-16/h6-11,14-15H,4-5,12-13H2,1-3H3. The lowest BCUT2D eigenvalue weighted by atomic mass is 10.2. The molecule has 6 nitrogen and oxygen atoms in total. The first-order chi connectivity index (χ1) is 13.2. The van der Waals surface area contributed by atoms with Crippen LogP contribution in [0.25, 0.3) is 17.1 Å². The van der Waals surface area contributed by atoms with Crippen molar-refractivity contribution < 1.29 is 13.9 Å². The maximum absolute atomic E-state index is 13.2. The number of carbonyl (C=O) groups excluding carboxylic acids is 1. The second-order valence-electron chi connectivity index (χ2n) is 6.29.